The smallest absolute Gasteiger partial charge is 0.243 e. The number of benzene rings is 1. The van der Waals surface area contributed by atoms with E-state index >= 15 is 0 Å². The fraction of sp³-hybridized carbons (Fsp3) is 0.333. The minimum absolute atomic E-state index is 0.237. The minimum atomic E-state index is -0.610. The first-order valence-electron chi connectivity index (χ1n) is 6.92. The van der Waals surface area contributed by atoms with Crippen LogP contribution in [0.2, 0.25) is 0 Å². The fourth-order valence-electron chi connectivity index (χ4n) is 2.09. The number of hydrogen-bond donors (Lipinski definition) is 3. The molecule has 1 aliphatic heterocycles. The first-order chi connectivity index (χ1) is 10.5. The molecule has 0 saturated carbocycles. The van der Waals surface area contributed by atoms with Crippen LogP contribution >= 0.6 is 15.9 Å². The maximum absolute atomic E-state index is 12.3. The van der Waals surface area contributed by atoms with E-state index in [1.54, 1.807) is 0 Å². The van der Waals surface area contributed by atoms with E-state index in [-0.39, 0.29) is 17.9 Å². The van der Waals surface area contributed by atoms with Gasteiger partial charge in [0.15, 0.2) is 0 Å². The van der Waals surface area contributed by atoms with Crippen LogP contribution in [0.4, 0.5) is 0 Å². The molecule has 0 aromatic heterocycles. The Morgan fingerprint density at radius 3 is 2.68 bits per heavy atom. The van der Waals surface area contributed by atoms with Crippen molar-refractivity contribution in [1.82, 2.24) is 16.1 Å². The van der Waals surface area contributed by atoms with Crippen molar-refractivity contribution in [1.29, 1.82) is 0 Å². The second kappa shape index (κ2) is 7.95. The lowest BCUT2D eigenvalue weighted by Crippen LogP contribution is -2.48. The van der Waals surface area contributed by atoms with Crippen molar-refractivity contribution in [2.45, 2.75) is 25.5 Å². The van der Waals surface area contributed by atoms with E-state index in [9.17, 15) is 9.59 Å². The normalized spacial score (nSPS) is 18.1. The highest BCUT2D eigenvalue weighted by atomic mass is 79.9. The third-order valence-corrected chi connectivity index (χ3v) is 3.52. The predicted molar refractivity (Wildman–Crippen MR) is 85.8 cm³/mol. The summed E-state index contributed by atoms with van der Waals surface area (Å²) in [5.41, 5.74) is 3.64. The Balaban J connectivity index is 1.92. The first kappa shape index (κ1) is 16.5. The summed E-state index contributed by atoms with van der Waals surface area (Å²) < 4.78 is 0.731. The summed E-state index contributed by atoms with van der Waals surface area (Å²) in [6.07, 6.45) is 2.01. The molecule has 7 heteroatoms. The number of carbonyl (C=O) groups is 2. The molecule has 0 aliphatic carbocycles. The number of hydrogen-bond acceptors (Lipinski definition) is 4. The molecular formula is C15H18BrN3O3. The zero-order valence-electron chi connectivity index (χ0n) is 12.1. The molecule has 1 unspecified atom stereocenters. The topological polar surface area (TPSA) is 79.5 Å². The number of halogens is 1. The molecule has 0 radical (unpaired) electrons. The van der Waals surface area contributed by atoms with E-state index in [4.69, 9.17) is 4.84 Å². The molecule has 2 rings (SSSR count). The van der Waals surface area contributed by atoms with Crippen molar-refractivity contribution in [3.05, 3.63) is 46.6 Å². The molecule has 1 aliphatic rings. The van der Waals surface area contributed by atoms with E-state index in [1.807, 2.05) is 36.4 Å². The van der Waals surface area contributed by atoms with Crippen LogP contribution in [0.3, 0.4) is 0 Å². The summed E-state index contributed by atoms with van der Waals surface area (Å²) in [5, 5.41) is 5.47. The molecule has 2 amide bonds. The van der Waals surface area contributed by atoms with Gasteiger partial charge in [0.1, 0.15) is 16.8 Å². The van der Waals surface area contributed by atoms with Crippen molar-refractivity contribution in [3.63, 3.8) is 0 Å². The number of amides is 2. The van der Waals surface area contributed by atoms with Crippen molar-refractivity contribution >= 4 is 27.7 Å². The molecule has 0 saturated heterocycles. The van der Waals surface area contributed by atoms with E-state index in [2.05, 4.69) is 32.0 Å². The van der Waals surface area contributed by atoms with E-state index < -0.39 is 6.04 Å². The van der Waals surface area contributed by atoms with Crippen LogP contribution in [0.25, 0.3) is 0 Å². The van der Waals surface area contributed by atoms with Gasteiger partial charge in [-0.15, -0.1) is 0 Å². The molecule has 0 spiro atoms. The van der Waals surface area contributed by atoms with Crippen molar-refractivity contribution < 1.29 is 14.4 Å². The maximum Gasteiger partial charge on any atom is 0.243 e. The molecule has 1 aromatic carbocycles. The van der Waals surface area contributed by atoms with Gasteiger partial charge in [-0.2, -0.15) is 0 Å². The number of nitrogens with one attached hydrogen (secondary N) is 3. The highest BCUT2D eigenvalue weighted by molar-refractivity contribution is 9.11. The van der Waals surface area contributed by atoms with Gasteiger partial charge in [-0.1, -0.05) is 30.3 Å². The Morgan fingerprint density at radius 2 is 2.09 bits per heavy atom. The second-order valence-electron chi connectivity index (χ2n) is 4.96. The van der Waals surface area contributed by atoms with E-state index in [0.29, 0.717) is 13.0 Å². The quantitative estimate of drug-likeness (QED) is 0.655. The van der Waals surface area contributed by atoms with Crippen LogP contribution in [0.15, 0.2) is 41.0 Å². The van der Waals surface area contributed by atoms with Gasteiger partial charge in [0.25, 0.3) is 0 Å². The standard InChI is InChI=1S/C15H18BrN3O3/c1-10(20)18-13(7-11-5-3-2-4-6-11)15(21)17-9-12-8-14(16)19-22-12/h2-6,8,12-13,19H,7,9H2,1H3,(H,17,21)(H,18,20)/t12-,13?/m0/s1. The third kappa shape index (κ3) is 5.16. The molecule has 22 heavy (non-hydrogen) atoms. The van der Waals surface area contributed by atoms with Gasteiger partial charge >= 0.3 is 0 Å². The van der Waals surface area contributed by atoms with Gasteiger partial charge in [-0.25, -0.2) is 0 Å². The van der Waals surface area contributed by atoms with Crippen LogP contribution in [0.5, 0.6) is 0 Å². The molecule has 1 heterocycles. The zero-order valence-corrected chi connectivity index (χ0v) is 13.7. The predicted octanol–water partition coefficient (Wildman–Crippen LogP) is 0.990. The molecule has 0 fully saturated rings. The maximum atomic E-state index is 12.3. The molecule has 1 aromatic rings. The third-order valence-electron chi connectivity index (χ3n) is 3.09. The molecule has 3 N–H and O–H groups in total. The van der Waals surface area contributed by atoms with Gasteiger partial charge in [0.2, 0.25) is 11.8 Å². The Labute approximate surface area is 137 Å². The van der Waals surface area contributed by atoms with Gasteiger partial charge in [0, 0.05) is 13.3 Å². The monoisotopic (exact) mass is 367 g/mol. The first-order valence-corrected chi connectivity index (χ1v) is 7.71. The van der Waals surface area contributed by atoms with Gasteiger partial charge in [-0.05, 0) is 27.6 Å². The van der Waals surface area contributed by atoms with Gasteiger partial charge in [0.05, 0.1) is 6.54 Å². The number of hydroxylamine groups is 1. The van der Waals surface area contributed by atoms with E-state index in [1.165, 1.54) is 6.92 Å². The average molecular weight is 368 g/mol. The Morgan fingerprint density at radius 1 is 1.36 bits per heavy atom. The second-order valence-corrected chi connectivity index (χ2v) is 5.82. The highest BCUT2D eigenvalue weighted by Crippen LogP contribution is 2.11. The lowest BCUT2D eigenvalue weighted by Gasteiger charge is -2.18. The Kier molecular flexibility index (Phi) is 5.97. The lowest BCUT2D eigenvalue weighted by atomic mass is 10.1. The summed E-state index contributed by atoms with van der Waals surface area (Å²) in [6, 6.07) is 8.95. The summed E-state index contributed by atoms with van der Waals surface area (Å²) in [4.78, 5) is 28.8. The van der Waals surface area contributed by atoms with Crippen LogP contribution in [0.1, 0.15) is 12.5 Å². The van der Waals surface area contributed by atoms with Crippen LogP contribution in [-0.2, 0) is 20.8 Å². The molecular weight excluding hydrogens is 350 g/mol. The van der Waals surface area contributed by atoms with Gasteiger partial charge in [-0.3, -0.25) is 19.9 Å². The average Bonchev–Trinajstić information content (AvgIpc) is 2.90. The summed E-state index contributed by atoms with van der Waals surface area (Å²) in [6.45, 7) is 1.72. The fourth-order valence-corrected chi connectivity index (χ4v) is 2.48. The largest absolute Gasteiger partial charge is 0.351 e. The summed E-state index contributed by atoms with van der Waals surface area (Å²) in [5.74, 6) is -0.475. The SMILES string of the molecule is CC(=O)NC(Cc1ccccc1)C(=O)NC[C@@H]1C=C(Br)NO1. The van der Waals surface area contributed by atoms with Crippen molar-refractivity contribution in [2.75, 3.05) is 6.54 Å². The zero-order chi connectivity index (χ0) is 15.9. The number of rotatable bonds is 6. The van der Waals surface area contributed by atoms with Crippen LogP contribution in [-0.4, -0.2) is 30.5 Å². The highest BCUT2D eigenvalue weighted by Gasteiger charge is 2.22. The Bertz CT molecular complexity index is 562. The molecule has 0 bridgehead atoms. The molecule has 118 valence electrons. The Hall–Kier alpha value is -1.86. The van der Waals surface area contributed by atoms with Crippen LogP contribution < -0.4 is 16.1 Å². The van der Waals surface area contributed by atoms with Crippen LogP contribution in [0, 0.1) is 0 Å². The minimum Gasteiger partial charge on any atom is -0.351 e. The molecule has 6 nitrogen and oxygen atoms in total. The summed E-state index contributed by atoms with van der Waals surface area (Å²) >= 11 is 3.25. The lowest BCUT2D eigenvalue weighted by molar-refractivity contribution is -0.128. The van der Waals surface area contributed by atoms with Crippen molar-refractivity contribution in [2.24, 2.45) is 0 Å². The van der Waals surface area contributed by atoms with Crippen molar-refractivity contribution in [3.8, 4) is 0 Å². The van der Waals surface area contributed by atoms with Gasteiger partial charge < -0.3 is 10.6 Å². The summed E-state index contributed by atoms with van der Waals surface area (Å²) in [7, 11) is 0. The number of carbonyl (C=O) groups excluding carboxylic acids is 2. The van der Waals surface area contributed by atoms with E-state index in [0.717, 1.165) is 10.2 Å². The molecule has 2 atom stereocenters.